The standard InChI is InChI=1S/C18H28N2O3S/c1-3-12-19-13-14-20-17(21)18(10-4-5-11-18)24(22,23)16-8-6-15(2)7-9-16/h6-9,19H,3-5,10-14H2,1-2H3,(H,20,21). The first-order chi connectivity index (χ1) is 11.4. The van der Waals surface area contributed by atoms with Crippen molar-refractivity contribution in [2.45, 2.75) is 55.6 Å². The number of carbonyl (C=O) groups is 1. The van der Waals surface area contributed by atoms with Crippen LogP contribution in [0.15, 0.2) is 29.2 Å². The molecular weight excluding hydrogens is 324 g/mol. The highest BCUT2D eigenvalue weighted by Gasteiger charge is 2.52. The summed E-state index contributed by atoms with van der Waals surface area (Å²) in [5.41, 5.74) is 1.00. The van der Waals surface area contributed by atoms with Gasteiger partial charge in [0.2, 0.25) is 5.91 Å². The first kappa shape index (κ1) is 18.9. The normalized spacial score (nSPS) is 16.9. The molecule has 0 bridgehead atoms. The molecule has 1 amide bonds. The summed E-state index contributed by atoms with van der Waals surface area (Å²) in [4.78, 5) is 13.0. The highest BCUT2D eigenvalue weighted by molar-refractivity contribution is 7.93. The van der Waals surface area contributed by atoms with E-state index in [-0.39, 0.29) is 10.8 Å². The van der Waals surface area contributed by atoms with E-state index in [1.807, 2.05) is 6.92 Å². The molecule has 1 aliphatic carbocycles. The Hall–Kier alpha value is -1.40. The molecule has 0 heterocycles. The van der Waals surface area contributed by atoms with Crippen LogP contribution in [0.4, 0.5) is 0 Å². The van der Waals surface area contributed by atoms with Crippen molar-refractivity contribution in [3.8, 4) is 0 Å². The summed E-state index contributed by atoms with van der Waals surface area (Å²) in [6, 6.07) is 6.78. The fourth-order valence-corrected chi connectivity index (χ4v) is 5.32. The second-order valence-corrected chi connectivity index (χ2v) is 8.78. The van der Waals surface area contributed by atoms with E-state index >= 15 is 0 Å². The molecule has 1 fully saturated rings. The van der Waals surface area contributed by atoms with Gasteiger partial charge in [0.25, 0.3) is 0 Å². The smallest absolute Gasteiger partial charge is 0.241 e. The number of nitrogens with one attached hydrogen (secondary N) is 2. The van der Waals surface area contributed by atoms with Crippen LogP contribution < -0.4 is 10.6 Å². The number of benzene rings is 1. The molecule has 5 nitrogen and oxygen atoms in total. The maximum absolute atomic E-state index is 13.2. The van der Waals surface area contributed by atoms with Gasteiger partial charge in [0.15, 0.2) is 14.6 Å². The molecule has 0 atom stereocenters. The summed E-state index contributed by atoms with van der Waals surface area (Å²) >= 11 is 0. The summed E-state index contributed by atoms with van der Waals surface area (Å²) in [7, 11) is -3.70. The molecule has 0 saturated heterocycles. The number of rotatable bonds is 8. The molecule has 134 valence electrons. The molecule has 2 rings (SSSR count). The van der Waals surface area contributed by atoms with Crippen molar-refractivity contribution < 1.29 is 13.2 Å². The number of amides is 1. The second kappa shape index (κ2) is 8.12. The summed E-state index contributed by atoms with van der Waals surface area (Å²) < 4.78 is 25.0. The molecule has 6 heteroatoms. The molecule has 0 radical (unpaired) electrons. The van der Waals surface area contributed by atoms with Crippen LogP contribution in [0.1, 0.15) is 44.6 Å². The lowest BCUT2D eigenvalue weighted by Crippen LogP contribution is -2.51. The summed E-state index contributed by atoms with van der Waals surface area (Å²) in [6.45, 7) is 5.98. The van der Waals surface area contributed by atoms with Gasteiger partial charge < -0.3 is 10.6 Å². The van der Waals surface area contributed by atoms with Gasteiger partial charge in [-0.15, -0.1) is 0 Å². The molecule has 1 aliphatic rings. The second-order valence-electron chi connectivity index (χ2n) is 6.52. The average Bonchev–Trinajstić information content (AvgIpc) is 3.06. The number of aryl methyl sites for hydroxylation is 1. The molecule has 0 aliphatic heterocycles. The van der Waals surface area contributed by atoms with Gasteiger partial charge in [-0.05, 0) is 44.9 Å². The molecule has 24 heavy (non-hydrogen) atoms. The largest absolute Gasteiger partial charge is 0.353 e. The molecule has 1 aromatic rings. The van der Waals surface area contributed by atoms with E-state index in [4.69, 9.17) is 0 Å². The molecule has 1 aromatic carbocycles. The van der Waals surface area contributed by atoms with Crippen LogP contribution in [0, 0.1) is 6.92 Å². The van der Waals surface area contributed by atoms with Gasteiger partial charge in [-0.2, -0.15) is 0 Å². The lowest BCUT2D eigenvalue weighted by atomic mass is 10.1. The third-order valence-corrected chi connectivity index (χ3v) is 7.20. The predicted octanol–water partition coefficient (Wildman–Crippen LogP) is 2.20. The van der Waals surface area contributed by atoms with E-state index in [9.17, 15) is 13.2 Å². The Morgan fingerprint density at radius 2 is 1.71 bits per heavy atom. The van der Waals surface area contributed by atoms with Crippen LogP contribution >= 0.6 is 0 Å². The first-order valence-electron chi connectivity index (χ1n) is 8.74. The van der Waals surface area contributed by atoms with Crippen molar-refractivity contribution >= 4 is 15.7 Å². The zero-order valence-corrected chi connectivity index (χ0v) is 15.4. The number of sulfone groups is 1. The third-order valence-electron chi connectivity index (χ3n) is 4.68. The average molecular weight is 353 g/mol. The van der Waals surface area contributed by atoms with Crippen molar-refractivity contribution in [3.05, 3.63) is 29.8 Å². The highest BCUT2D eigenvalue weighted by atomic mass is 32.2. The van der Waals surface area contributed by atoms with Crippen molar-refractivity contribution in [1.29, 1.82) is 0 Å². The third kappa shape index (κ3) is 3.81. The zero-order chi connectivity index (χ0) is 17.6. The molecule has 1 saturated carbocycles. The van der Waals surface area contributed by atoms with Gasteiger partial charge in [0, 0.05) is 13.1 Å². The van der Waals surface area contributed by atoms with Gasteiger partial charge in [0.05, 0.1) is 4.90 Å². The van der Waals surface area contributed by atoms with Crippen LogP contribution in [0.3, 0.4) is 0 Å². The Kier molecular flexibility index (Phi) is 6.40. The molecule has 0 aromatic heterocycles. The minimum absolute atomic E-state index is 0.245. The van der Waals surface area contributed by atoms with Crippen LogP contribution in [-0.4, -0.2) is 38.7 Å². The summed E-state index contributed by atoms with van der Waals surface area (Å²) in [5, 5.41) is 6.04. The first-order valence-corrected chi connectivity index (χ1v) is 10.2. The van der Waals surface area contributed by atoms with E-state index in [2.05, 4.69) is 17.6 Å². The van der Waals surface area contributed by atoms with Crippen molar-refractivity contribution in [1.82, 2.24) is 10.6 Å². The van der Waals surface area contributed by atoms with Crippen LogP contribution in [0.5, 0.6) is 0 Å². The number of hydrogen-bond donors (Lipinski definition) is 2. The zero-order valence-electron chi connectivity index (χ0n) is 14.6. The lowest BCUT2D eigenvalue weighted by molar-refractivity contribution is -0.123. The SMILES string of the molecule is CCCNCCNC(=O)C1(S(=O)(=O)c2ccc(C)cc2)CCCC1. The Morgan fingerprint density at radius 3 is 2.29 bits per heavy atom. The Balaban J connectivity index is 2.17. The van der Waals surface area contributed by atoms with Gasteiger partial charge in [-0.3, -0.25) is 4.79 Å². The minimum atomic E-state index is -3.70. The van der Waals surface area contributed by atoms with Gasteiger partial charge >= 0.3 is 0 Å². The fourth-order valence-electron chi connectivity index (χ4n) is 3.23. The lowest BCUT2D eigenvalue weighted by Gasteiger charge is -2.27. The van der Waals surface area contributed by atoms with E-state index in [1.54, 1.807) is 24.3 Å². The van der Waals surface area contributed by atoms with Gasteiger partial charge in [-0.1, -0.05) is 37.5 Å². The maximum Gasteiger partial charge on any atom is 0.241 e. The van der Waals surface area contributed by atoms with E-state index in [0.717, 1.165) is 31.4 Å². The van der Waals surface area contributed by atoms with Crippen molar-refractivity contribution in [2.75, 3.05) is 19.6 Å². The van der Waals surface area contributed by atoms with Crippen LogP contribution in [0.2, 0.25) is 0 Å². The number of hydrogen-bond acceptors (Lipinski definition) is 4. The fraction of sp³-hybridized carbons (Fsp3) is 0.611. The van der Waals surface area contributed by atoms with Crippen LogP contribution in [-0.2, 0) is 14.6 Å². The Bertz CT molecular complexity index is 647. The van der Waals surface area contributed by atoms with Gasteiger partial charge in [0.1, 0.15) is 0 Å². The van der Waals surface area contributed by atoms with Crippen molar-refractivity contribution in [3.63, 3.8) is 0 Å². The van der Waals surface area contributed by atoms with E-state index < -0.39 is 14.6 Å². The Labute approximate surface area is 145 Å². The number of carbonyl (C=O) groups excluding carboxylic acids is 1. The van der Waals surface area contributed by atoms with E-state index in [1.165, 1.54) is 0 Å². The Morgan fingerprint density at radius 1 is 1.08 bits per heavy atom. The summed E-state index contributed by atoms with van der Waals surface area (Å²) in [5.74, 6) is -0.348. The highest BCUT2D eigenvalue weighted by Crippen LogP contribution is 2.40. The molecule has 0 spiro atoms. The van der Waals surface area contributed by atoms with E-state index in [0.29, 0.717) is 25.9 Å². The van der Waals surface area contributed by atoms with Crippen LogP contribution in [0.25, 0.3) is 0 Å². The maximum atomic E-state index is 13.2. The molecule has 2 N–H and O–H groups in total. The molecule has 0 unspecified atom stereocenters. The van der Waals surface area contributed by atoms with Gasteiger partial charge in [-0.25, -0.2) is 8.42 Å². The molecular formula is C18H28N2O3S. The topological polar surface area (TPSA) is 75.3 Å². The van der Waals surface area contributed by atoms with Crippen molar-refractivity contribution in [2.24, 2.45) is 0 Å². The minimum Gasteiger partial charge on any atom is -0.353 e. The quantitative estimate of drug-likeness (QED) is 0.703. The monoisotopic (exact) mass is 352 g/mol. The summed E-state index contributed by atoms with van der Waals surface area (Å²) in [6.07, 6.45) is 3.37. The predicted molar refractivity (Wildman–Crippen MR) is 95.7 cm³/mol.